The van der Waals surface area contributed by atoms with E-state index in [1.807, 2.05) is 7.11 Å². The van der Waals surface area contributed by atoms with Crippen molar-refractivity contribution >= 4 is 5.69 Å². The number of rotatable bonds is 12. The van der Waals surface area contributed by atoms with E-state index in [0.717, 1.165) is 35.5 Å². The number of fused-ring (bicyclic) bond motifs is 4. The van der Waals surface area contributed by atoms with Crippen molar-refractivity contribution in [1.82, 2.24) is 0 Å². The highest BCUT2D eigenvalue weighted by atomic mass is 16.5. The zero-order chi connectivity index (χ0) is 45.4. The summed E-state index contributed by atoms with van der Waals surface area (Å²) in [7, 11) is 7.13. The van der Waals surface area contributed by atoms with E-state index >= 15 is 0 Å². The van der Waals surface area contributed by atoms with Gasteiger partial charge in [0.25, 0.3) is 0 Å². The molecule has 5 nitrogen and oxygen atoms in total. The predicted octanol–water partition coefficient (Wildman–Crippen LogP) is 15.2. The highest BCUT2D eigenvalue weighted by molar-refractivity contribution is 5.73. The second-order valence-corrected chi connectivity index (χ2v) is 21.3. The smallest absolute Gasteiger partial charge is 0.118 e. The largest absolute Gasteiger partial charge is 0.501 e. The molecule has 0 aromatic heterocycles. The number of anilines is 1. The SMILES string of the molecule is COC1=CCC(C2CCC3C(C2)c2cc(-c4ccc(OC)cc4)ccc2N3C2C=CC(C3=CC=C(C(c4ccc(OC)cc4)C4CCC(c5ccc(OC)cc5)CC4)C4CCCC34)CC2)CC1. The molecule has 1 heterocycles. The van der Waals surface area contributed by atoms with Crippen molar-refractivity contribution in [3.05, 3.63) is 155 Å². The fraction of sp³-hybridized carbons (Fsp3) is 0.484. The molecule has 6 aliphatic carbocycles. The number of methoxy groups -OCH3 is 4. The van der Waals surface area contributed by atoms with E-state index in [1.165, 1.54) is 124 Å². The third-order valence-corrected chi connectivity index (χ3v) is 18.3. The first-order valence-corrected chi connectivity index (χ1v) is 26.2. The molecule has 67 heavy (non-hydrogen) atoms. The highest BCUT2D eigenvalue weighted by Crippen LogP contribution is 2.57. The molecule has 0 radical (unpaired) electrons. The normalized spacial score (nSPS) is 30.5. The maximum absolute atomic E-state index is 5.67. The lowest BCUT2D eigenvalue weighted by atomic mass is 9.63. The third kappa shape index (κ3) is 8.67. The minimum Gasteiger partial charge on any atom is -0.501 e. The van der Waals surface area contributed by atoms with Crippen molar-refractivity contribution < 1.29 is 18.9 Å². The standard InChI is InChI=1S/C62H73NO4/c1-64-50-26-14-41(15-27-50)40-8-10-45(11-9-40)62(46-20-32-53(67-4)33-21-46)57-35-34-54(55-6-5-7-56(55)57)44-12-24-49(25-13-44)63-60-36-22-47(42-16-28-51(65-2)29-17-42)38-58(60)59-39-48(23-37-61(59)63)43-18-30-52(66-3)31-19-43/h12,14-17,20-22,24,26-30,32-36,38,40,43-45,48-49,55-56,59,61-62H,5-11,13,18-19,23,25,31,37,39H2,1-4H3. The van der Waals surface area contributed by atoms with Gasteiger partial charge in [0, 0.05) is 36.0 Å². The van der Waals surface area contributed by atoms with Crippen LogP contribution in [0.3, 0.4) is 0 Å². The van der Waals surface area contributed by atoms with Gasteiger partial charge in [-0.2, -0.15) is 0 Å². The molecule has 3 saturated carbocycles. The van der Waals surface area contributed by atoms with Crippen LogP contribution in [-0.4, -0.2) is 40.5 Å². The van der Waals surface area contributed by atoms with Gasteiger partial charge in [-0.25, -0.2) is 0 Å². The molecule has 0 amide bonds. The van der Waals surface area contributed by atoms with Crippen molar-refractivity contribution in [2.75, 3.05) is 33.3 Å². The number of ether oxygens (including phenoxy) is 4. The fourth-order valence-corrected chi connectivity index (χ4v) is 14.8. The lowest BCUT2D eigenvalue weighted by Gasteiger charge is -2.44. The molecule has 4 aromatic carbocycles. The first-order chi connectivity index (χ1) is 33.0. The van der Waals surface area contributed by atoms with Crippen molar-refractivity contribution in [3.8, 4) is 28.4 Å². The van der Waals surface area contributed by atoms with Crippen LogP contribution in [-0.2, 0) is 4.74 Å². The number of nitrogens with zero attached hydrogens (tertiary/aromatic N) is 1. The van der Waals surface area contributed by atoms with Gasteiger partial charge in [0.1, 0.15) is 17.2 Å². The topological polar surface area (TPSA) is 40.2 Å². The molecule has 0 bridgehead atoms. The summed E-state index contributed by atoms with van der Waals surface area (Å²) in [4.78, 5) is 2.92. The van der Waals surface area contributed by atoms with E-state index in [4.69, 9.17) is 18.9 Å². The van der Waals surface area contributed by atoms with Gasteiger partial charge in [0.2, 0.25) is 0 Å². The van der Waals surface area contributed by atoms with Gasteiger partial charge in [0.15, 0.2) is 0 Å². The molecule has 1 aliphatic heterocycles. The highest BCUT2D eigenvalue weighted by Gasteiger charge is 2.47. The summed E-state index contributed by atoms with van der Waals surface area (Å²) in [5.41, 5.74) is 12.1. The minimum absolute atomic E-state index is 0.442. The predicted molar refractivity (Wildman–Crippen MR) is 273 cm³/mol. The maximum atomic E-state index is 5.67. The summed E-state index contributed by atoms with van der Waals surface area (Å²) in [6.45, 7) is 0. The maximum Gasteiger partial charge on any atom is 0.118 e. The van der Waals surface area contributed by atoms with Gasteiger partial charge in [-0.15, -0.1) is 0 Å². The zero-order valence-corrected chi connectivity index (χ0v) is 40.6. The second kappa shape index (κ2) is 19.4. The summed E-state index contributed by atoms with van der Waals surface area (Å²) in [6.07, 6.45) is 31.9. The van der Waals surface area contributed by atoms with Crippen LogP contribution in [0.25, 0.3) is 11.1 Å². The molecular weight excluding hydrogens is 823 g/mol. The van der Waals surface area contributed by atoms with Crippen LogP contribution < -0.4 is 19.1 Å². The molecular formula is C62H73NO4. The molecule has 3 fully saturated rings. The molecule has 9 atom stereocenters. The zero-order valence-electron chi connectivity index (χ0n) is 40.6. The van der Waals surface area contributed by atoms with E-state index in [0.29, 0.717) is 53.5 Å². The molecule has 5 heteroatoms. The van der Waals surface area contributed by atoms with Gasteiger partial charge in [-0.05, 0) is 207 Å². The van der Waals surface area contributed by atoms with Gasteiger partial charge in [-0.1, -0.05) is 84.3 Å². The molecule has 4 aromatic rings. The first kappa shape index (κ1) is 44.4. The Labute approximate surface area is 401 Å². The van der Waals surface area contributed by atoms with Crippen molar-refractivity contribution in [2.24, 2.45) is 35.5 Å². The Hall–Kier alpha value is -5.16. The van der Waals surface area contributed by atoms with Gasteiger partial charge in [-0.3, -0.25) is 0 Å². The van der Waals surface area contributed by atoms with Crippen LogP contribution in [0.2, 0.25) is 0 Å². The number of benzene rings is 4. The van der Waals surface area contributed by atoms with Crippen molar-refractivity contribution in [2.45, 2.75) is 126 Å². The van der Waals surface area contributed by atoms with Gasteiger partial charge in [0.05, 0.1) is 34.2 Å². The summed E-state index contributed by atoms with van der Waals surface area (Å²) < 4.78 is 22.3. The van der Waals surface area contributed by atoms with Gasteiger partial charge >= 0.3 is 0 Å². The quantitative estimate of drug-likeness (QED) is 0.133. The number of hydrogen-bond acceptors (Lipinski definition) is 5. The summed E-state index contributed by atoms with van der Waals surface area (Å²) in [5, 5.41) is 0. The van der Waals surface area contributed by atoms with E-state index in [-0.39, 0.29) is 0 Å². The Balaban J connectivity index is 0.851. The molecule has 9 unspecified atom stereocenters. The van der Waals surface area contributed by atoms with Gasteiger partial charge < -0.3 is 23.8 Å². The van der Waals surface area contributed by atoms with Crippen LogP contribution in [0.4, 0.5) is 5.69 Å². The molecule has 11 rings (SSSR count). The Morgan fingerprint density at radius 3 is 1.94 bits per heavy atom. The Bertz CT molecular complexity index is 2470. The molecule has 0 spiro atoms. The number of hydrogen-bond donors (Lipinski definition) is 0. The van der Waals surface area contributed by atoms with Crippen molar-refractivity contribution in [1.29, 1.82) is 0 Å². The second-order valence-electron chi connectivity index (χ2n) is 21.3. The lowest BCUT2D eigenvalue weighted by molar-refractivity contribution is 0.179. The average molecular weight is 896 g/mol. The third-order valence-electron chi connectivity index (χ3n) is 18.3. The Morgan fingerprint density at radius 1 is 0.567 bits per heavy atom. The van der Waals surface area contributed by atoms with Crippen LogP contribution in [0.5, 0.6) is 17.2 Å². The minimum atomic E-state index is 0.442. The van der Waals surface area contributed by atoms with E-state index in [1.54, 1.807) is 38.0 Å². The monoisotopic (exact) mass is 896 g/mol. The molecule has 0 saturated heterocycles. The van der Waals surface area contributed by atoms with Crippen molar-refractivity contribution in [3.63, 3.8) is 0 Å². The fourth-order valence-electron chi connectivity index (χ4n) is 14.8. The molecule has 350 valence electrons. The lowest BCUT2D eigenvalue weighted by Crippen LogP contribution is -2.45. The van der Waals surface area contributed by atoms with E-state index in [9.17, 15) is 0 Å². The van der Waals surface area contributed by atoms with Crippen LogP contribution >= 0.6 is 0 Å². The Morgan fingerprint density at radius 2 is 1.27 bits per heavy atom. The van der Waals surface area contributed by atoms with Crippen LogP contribution in [0.15, 0.2) is 138 Å². The van der Waals surface area contributed by atoms with E-state index in [2.05, 4.69) is 126 Å². The molecule has 7 aliphatic rings. The van der Waals surface area contributed by atoms with Crippen LogP contribution in [0.1, 0.15) is 131 Å². The first-order valence-electron chi connectivity index (χ1n) is 26.2. The summed E-state index contributed by atoms with van der Waals surface area (Å²) >= 11 is 0. The molecule has 0 N–H and O–H groups in total. The summed E-state index contributed by atoms with van der Waals surface area (Å²) in [6, 6.07) is 35.1. The van der Waals surface area contributed by atoms with E-state index < -0.39 is 0 Å². The average Bonchev–Trinajstić information content (AvgIpc) is 4.03. The Kier molecular flexibility index (Phi) is 12.9. The van der Waals surface area contributed by atoms with Crippen LogP contribution in [0, 0.1) is 35.5 Å². The number of allylic oxidation sites excluding steroid dienone is 7. The summed E-state index contributed by atoms with van der Waals surface area (Å²) in [5.74, 6) is 9.66.